The molecule has 0 amide bonds. The molecule has 3 heteroatoms. The highest BCUT2D eigenvalue weighted by molar-refractivity contribution is 6.09. The molecule has 0 aliphatic carbocycles. The highest BCUT2D eigenvalue weighted by atomic mass is 16.3. The second-order valence-corrected chi connectivity index (χ2v) is 13.1. The third-order valence-electron chi connectivity index (χ3n) is 9.95. The summed E-state index contributed by atoms with van der Waals surface area (Å²) in [5.41, 5.74) is 15.4. The standard InChI is InChI=1S/C49H31NO2/c1-3-11-32(12-4-1)34-21-25-36(26-22-34)44-30-40(31-46-47(44)50-49(52-46)37-27-23-35(24-28-37)33-13-5-2-6-14-33)38-15-9-16-39(29-38)41-18-10-19-43-42-17-7-8-20-45(42)51-48(41)43/h1-31H. The lowest BCUT2D eigenvalue weighted by molar-refractivity contribution is 0.620. The molecule has 0 saturated carbocycles. The molecule has 0 aliphatic rings. The first-order valence-electron chi connectivity index (χ1n) is 17.5. The molecular weight excluding hydrogens is 635 g/mol. The van der Waals surface area contributed by atoms with E-state index in [0.717, 1.165) is 77.5 Å². The molecule has 0 atom stereocenters. The Balaban J connectivity index is 1.10. The molecule has 0 aliphatic heterocycles. The van der Waals surface area contributed by atoms with Crippen molar-refractivity contribution in [3.63, 3.8) is 0 Å². The van der Waals surface area contributed by atoms with E-state index < -0.39 is 0 Å². The fraction of sp³-hybridized carbons (Fsp3) is 0. The van der Waals surface area contributed by atoms with Crippen LogP contribution >= 0.6 is 0 Å². The fourth-order valence-electron chi connectivity index (χ4n) is 7.29. The first-order chi connectivity index (χ1) is 25.7. The molecule has 2 aromatic heterocycles. The molecule has 3 nitrogen and oxygen atoms in total. The minimum atomic E-state index is 0.597. The summed E-state index contributed by atoms with van der Waals surface area (Å²) in [4.78, 5) is 5.12. The summed E-state index contributed by atoms with van der Waals surface area (Å²) in [6.07, 6.45) is 0. The van der Waals surface area contributed by atoms with Crippen LogP contribution in [-0.4, -0.2) is 4.98 Å². The molecule has 10 rings (SSSR count). The molecule has 0 bridgehead atoms. The van der Waals surface area contributed by atoms with Gasteiger partial charge in [0.2, 0.25) is 5.89 Å². The minimum Gasteiger partial charge on any atom is -0.455 e. The maximum Gasteiger partial charge on any atom is 0.227 e. The Labute approximate surface area is 301 Å². The number of hydrogen-bond donors (Lipinski definition) is 0. The van der Waals surface area contributed by atoms with Gasteiger partial charge in [-0.25, -0.2) is 4.98 Å². The highest BCUT2D eigenvalue weighted by Crippen LogP contribution is 2.40. The molecule has 8 aromatic carbocycles. The maximum absolute atomic E-state index is 6.60. The molecule has 244 valence electrons. The molecular formula is C49H31NO2. The average Bonchev–Trinajstić information content (AvgIpc) is 3.84. The lowest BCUT2D eigenvalue weighted by atomic mass is 9.94. The Kier molecular flexibility index (Phi) is 7.14. The van der Waals surface area contributed by atoms with Crippen molar-refractivity contribution >= 4 is 33.0 Å². The summed E-state index contributed by atoms with van der Waals surface area (Å²) in [5.74, 6) is 0.597. The second kappa shape index (κ2) is 12.4. The van der Waals surface area contributed by atoms with Gasteiger partial charge < -0.3 is 8.83 Å². The fourth-order valence-corrected chi connectivity index (χ4v) is 7.29. The van der Waals surface area contributed by atoms with Crippen LogP contribution in [-0.2, 0) is 0 Å². The van der Waals surface area contributed by atoms with E-state index in [-0.39, 0.29) is 0 Å². The average molecular weight is 666 g/mol. The smallest absolute Gasteiger partial charge is 0.227 e. The van der Waals surface area contributed by atoms with Crippen molar-refractivity contribution in [3.8, 4) is 67.1 Å². The van der Waals surface area contributed by atoms with Crippen LogP contribution in [0.5, 0.6) is 0 Å². The third-order valence-corrected chi connectivity index (χ3v) is 9.95. The molecule has 0 spiro atoms. The number of fused-ring (bicyclic) bond motifs is 4. The van der Waals surface area contributed by atoms with Crippen molar-refractivity contribution in [2.45, 2.75) is 0 Å². The van der Waals surface area contributed by atoms with Crippen LogP contribution in [0.2, 0.25) is 0 Å². The Bertz CT molecular complexity index is 2860. The molecule has 0 radical (unpaired) electrons. The van der Waals surface area contributed by atoms with Crippen LogP contribution in [0.25, 0.3) is 100 Å². The highest BCUT2D eigenvalue weighted by Gasteiger charge is 2.18. The predicted octanol–water partition coefficient (Wildman–Crippen LogP) is 13.7. The number of hydrogen-bond acceptors (Lipinski definition) is 3. The van der Waals surface area contributed by atoms with Crippen molar-refractivity contribution in [3.05, 3.63) is 188 Å². The number of aromatic nitrogens is 1. The molecule has 0 saturated heterocycles. The number of oxazole rings is 1. The maximum atomic E-state index is 6.60. The molecule has 2 heterocycles. The largest absolute Gasteiger partial charge is 0.455 e. The van der Waals surface area contributed by atoms with E-state index in [1.165, 1.54) is 16.7 Å². The van der Waals surface area contributed by atoms with Gasteiger partial charge in [0, 0.05) is 27.5 Å². The van der Waals surface area contributed by atoms with E-state index in [9.17, 15) is 0 Å². The monoisotopic (exact) mass is 665 g/mol. The van der Waals surface area contributed by atoms with Crippen molar-refractivity contribution in [2.24, 2.45) is 0 Å². The second-order valence-electron chi connectivity index (χ2n) is 13.1. The topological polar surface area (TPSA) is 39.2 Å². The van der Waals surface area contributed by atoms with E-state index in [4.69, 9.17) is 13.8 Å². The third kappa shape index (κ3) is 5.28. The summed E-state index contributed by atoms with van der Waals surface area (Å²) in [6, 6.07) is 65.7. The summed E-state index contributed by atoms with van der Waals surface area (Å²) >= 11 is 0. The SMILES string of the molecule is c1ccc(-c2ccc(-c3nc4c(-c5ccc(-c6ccccc6)cc5)cc(-c5cccc(-c6cccc7c6oc6ccccc67)c5)cc4o3)cc2)cc1. The number of para-hydroxylation sites is 2. The van der Waals surface area contributed by atoms with Gasteiger partial charge >= 0.3 is 0 Å². The quantitative estimate of drug-likeness (QED) is 0.177. The summed E-state index contributed by atoms with van der Waals surface area (Å²) in [6.45, 7) is 0. The van der Waals surface area contributed by atoms with Gasteiger partial charge in [-0.05, 0) is 80.9 Å². The zero-order valence-electron chi connectivity index (χ0n) is 28.2. The van der Waals surface area contributed by atoms with Crippen LogP contribution in [0.3, 0.4) is 0 Å². The van der Waals surface area contributed by atoms with Crippen LogP contribution in [0.1, 0.15) is 0 Å². The minimum absolute atomic E-state index is 0.597. The van der Waals surface area contributed by atoms with Gasteiger partial charge in [-0.1, -0.05) is 152 Å². The first-order valence-corrected chi connectivity index (χ1v) is 17.5. The Morgan fingerprint density at radius 2 is 0.865 bits per heavy atom. The number of furan rings is 1. The number of nitrogens with zero attached hydrogens (tertiary/aromatic N) is 1. The molecule has 0 N–H and O–H groups in total. The molecule has 52 heavy (non-hydrogen) atoms. The summed E-state index contributed by atoms with van der Waals surface area (Å²) < 4.78 is 13.0. The van der Waals surface area contributed by atoms with Crippen LogP contribution in [0.4, 0.5) is 0 Å². The van der Waals surface area contributed by atoms with Gasteiger partial charge in [0.05, 0.1) is 0 Å². The van der Waals surface area contributed by atoms with Gasteiger partial charge in [-0.15, -0.1) is 0 Å². The van der Waals surface area contributed by atoms with E-state index in [2.05, 4.69) is 164 Å². The predicted molar refractivity (Wildman–Crippen MR) is 214 cm³/mol. The number of rotatable bonds is 6. The summed E-state index contributed by atoms with van der Waals surface area (Å²) in [7, 11) is 0. The van der Waals surface area contributed by atoms with Crippen molar-refractivity contribution in [1.82, 2.24) is 4.98 Å². The Morgan fingerprint density at radius 1 is 0.308 bits per heavy atom. The Morgan fingerprint density at radius 3 is 1.60 bits per heavy atom. The molecule has 0 unspecified atom stereocenters. The zero-order valence-corrected chi connectivity index (χ0v) is 28.2. The van der Waals surface area contributed by atoms with E-state index in [0.29, 0.717) is 5.89 Å². The van der Waals surface area contributed by atoms with Gasteiger partial charge in [0.1, 0.15) is 16.7 Å². The van der Waals surface area contributed by atoms with Crippen LogP contribution in [0, 0.1) is 0 Å². The van der Waals surface area contributed by atoms with Crippen molar-refractivity contribution < 1.29 is 8.83 Å². The van der Waals surface area contributed by atoms with Gasteiger partial charge in [0.25, 0.3) is 0 Å². The van der Waals surface area contributed by atoms with Crippen LogP contribution in [0.15, 0.2) is 197 Å². The first kappa shape index (κ1) is 29.9. The van der Waals surface area contributed by atoms with Gasteiger partial charge in [0.15, 0.2) is 5.58 Å². The van der Waals surface area contributed by atoms with E-state index >= 15 is 0 Å². The van der Waals surface area contributed by atoms with Crippen LogP contribution < -0.4 is 0 Å². The van der Waals surface area contributed by atoms with Gasteiger partial charge in [-0.2, -0.15) is 0 Å². The van der Waals surface area contributed by atoms with E-state index in [1.807, 2.05) is 24.3 Å². The Hall–Kier alpha value is -6.97. The van der Waals surface area contributed by atoms with Gasteiger partial charge in [-0.3, -0.25) is 0 Å². The van der Waals surface area contributed by atoms with E-state index in [1.54, 1.807) is 0 Å². The lowest BCUT2D eigenvalue weighted by Gasteiger charge is -2.10. The van der Waals surface area contributed by atoms with Crippen molar-refractivity contribution in [2.75, 3.05) is 0 Å². The molecule has 0 fully saturated rings. The summed E-state index contributed by atoms with van der Waals surface area (Å²) in [5, 5.41) is 2.24. The normalized spacial score (nSPS) is 11.5. The lowest BCUT2D eigenvalue weighted by Crippen LogP contribution is -1.87. The number of benzene rings is 8. The molecule has 10 aromatic rings. The zero-order chi connectivity index (χ0) is 34.4. The van der Waals surface area contributed by atoms with Crippen molar-refractivity contribution in [1.29, 1.82) is 0 Å².